The van der Waals surface area contributed by atoms with Gasteiger partial charge in [-0.25, -0.2) is 9.18 Å². The molecule has 1 aliphatic heterocycles. The highest BCUT2D eigenvalue weighted by molar-refractivity contribution is 5.77. The Hall–Kier alpha value is -2.91. The highest BCUT2D eigenvalue weighted by atomic mass is 19.1. The van der Waals surface area contributed by atoms with Gasteiger partial charge in [0.05, 0.1) is 18.7 Å². The number of carbonyl (C=O) groups is 1. The van der Waals surface area contributed by atoms with Gasteiger partial charge < -0.3 is 15.3 Å². The summed E-state index contributed by atoms with van der Waals surface area (Å²) in [6.07, 6.45) is 2.33. The summed E-state index contributed by atoms with van der Waals surface area (Å²) in [5, 5.41) is 22.2. The number of aryl methyl sites for hydroxylation is 2. The number of nitriles is 1. The first-order valence-corrected chi connectivity index (χ1v) is 9.99. The van der Waals surface area contributed by atoms with Crippen molar-refractivity contribution >= 4 is 6.03 Å². The minimum absolute atomic E-state index is 0.191. The number of rotatable bonds is 7. The fourth-order valence-electron chi connectivity index (χ4n) is 3.90. The van der Waals surface area contributed by atoms with Crippen LogP contribution in [0.1, 0.15) is 36.0 Å². The van der Waals surface area contributed by atoms with Crippen molar-refractivity contribution in [3.8, 4) is 6.07 Å². The molecule has 0 aliphatic carbocycles. The number of hydrogen-bond acceptors (Lipinski definition) is 3. The van der Waals surface area contributed by atoms with E-state index in [0.29, 0.717) is 6.54 Å². The van der Waals surface area contributed by atoms with Crippen LogP contribution in [0.4, 0.5) is 9.18 Å². The highest BCUT2D eigenvalue weighted by Gasteiger charge is 2.51. The summed E-state index contributed by atoms with van der Waals surface area (Å²) in [6.45, 7) is 2.31. The van der Waals surface area contributed by atoms with Crippen molar-refractivity contribution in [1.82, 2.24) is 10.2 Å². The van der Waals surface area contributed by atoms with Crippen molar-refractivity contribution < 1.29 is 14.3 Å². The van der Waals surface area contributed by atoms with Crippen molar-refractivity contribution in [3.63, 3.8) is 0 Å². The first kappa shape index (κ1) is 20.8. The summed E-state index contributed by atoms with van der Waals surface area (Å²) >= 11 is 0. The van der Waals surface area contributed by atoms with Gasteiger partial charge in [-0.1, -0.05) is 43.3 Å². The van der Waals surface area contributed by atoms with Crippen LogP contribution in [0.5, 0.6) is 0 Å². The summed E-state index contributed by atoms with van der Waals surface area (Å²) in [5.41, 5.74) is 3.00. The fourth-order valence-corrected chi connectivity index (χ4v) is 3.90. The van der Waals surface area contributed by atoms with E-state index in [9.17, 15) is 19.6 Å². The van der Waals surface area contributed by atoms with Crippen molar-refractivity contribution in [2.24, 2.45) is 0 Å². The van der Waals surface area contributed by atoms with Crippen LogP contribution in [0, 0.1) is 17.1 Å². The number of carbonyl (C=O) groups excluding carboxylic acids is 1. The zero-order valence-corrected chi connectivity index (χ0v) is 16.5. The Bertz CT molecular complexity index is 878. The molecule has 1 saturated heterocycles. The van der Waals surface area contributed by atoms with Gasteiger partial charge in [0.1, 0.15) is 11.9 Å². The van der Waals surface area contributed by atoms with Gasteiger partial charge in [-0.3, -0.25) is 0 Å². The lowest BCUT2D eigenvalue weighted by Gasteiger charge is -2.51. The third-order valence-corrected chi connectivity index (χ3v) is 5.45. The van der Waals surface area contributed by atoms with Crippen LogP contribution in [0.2, 0.25) is 0 Å². The third kappa shape index (κ3) is 4.57. The van der Waals surface area contributed by atoms with E-state index in [0.717, 1.165) is 36.0 Å². The van der Waals surface area contributed by atoms with Gasteiger partial charge in [-0.2, -0.15) is 5.26 Å². The molecule has 2 aromatic rings. The first-order valence-electron chi connectivity index (χ1n) is 9.99. The third-order valence-electron chi connectivity index (χ3n) is 5.45. The molecule has 0 radical (unpaired) electrons. The summed E-state index contributed by atoms with van der Waals surface area (Å²) in [6, 6.07) is 15.4. The van der Waals surface area contributed by atoms with E-state index in [1.165, 1.54) is 11.0 Å². The molecule has 1 aliphatic rings. The number of aliphatic hydroxyl groups excluding tert-OH is 1. The minimum atomic E-state index is -0.595. The molecule has 6 heteroatoms. The van der Waals surface area contributed by atoms with Crippen molar-refractivity contribution in [2.45, 2.75) is 44.2 Å². The molecule has 2 N–H and O–H groups in total. The molecule has 3 atom stereocenters. The smallest absolute Gasteiger partial charge is 0.318 e. The molecule has 0 unspecified atom stereocenters. The second-order valence-electron chi connectivity index (χ2n) is 7.36. The molecule has 2 amide bonds. The van der Waals surface area contributed by atoms with Crippen molar-refractivity contribution in [2.75, 3.05) is 13.2 Å². The monoisotopic (exact) mass is 395 g/mol. The molecule has 0 aromatic heterocycles. The van der Waals surface area contributed by atoms with E-state index in [1.807, 2.05) is 37.3 Å². The molecule has 0 saturated carbocycles. The minimum Gasteiger partial charge on any atom is -0.394 e. The predicted molar refractivity (Wildman–Crippen MR) is 109 cm³/mol. The Labute approximate surface area is 170 Å². The second kappa shape index (κ2) is 9.53. The van der Waals surface area contributed by atoms with E-state index in [2.05, 4.69) is 11.4 Å². The molecule has 152 valence electrons. The zero-order chi connectivity index (χ0) is 20.8. The van der Waals surface area contributed by atoms with E-state index in [4.69, 9.17) is 0 Å². The molecule has 2 aromatic carbocycles. The number of nitrogens with one attached hydrogen (secondary N) is 1. The lowest BCUT2D eigenvalue weighted by atomic mass is 9.76. The van der Waals surface area contributed by atoms with Crippen LogP contribution in [0.25, 0.3) is 0 Å². The lowest BCUT2D eigenvalue weighted by molar-refractivity contribution is 0.0169. The maximum atomic E-state index is 13.3. The van der Waals surface area contributed by atoms with Gasteiger partial charge in [-0.15, -0.1) is 0 Å². The molecule has 1 heterocycles. The highest BCUT2D eigenvalue weighted by Crippen LogP contribution is 2.40. The Morgan fingerprint density at radius 1 is 1.21 bits per heavy atom. The number of likely N-dealkylation sites (tertiary alicyclic amines) is 1. The van der Waals surface area contributed by atoms with Gasteiger partial charge in [0.2, 0.25) is 0 Å². The Morgan fingerprint density at radius 2 is 1.93 bits per heavy atom. The molecule has 1 fully saturated rings. The molecule has 29 heavy (non-hydrogen) atoms. The number of urea groups is 1. The van der Waals surface area contributed by atoms with Gasteiger partial charge in [0, 0.05) is 12.5 Å². The van der Waals surface area contributed by atoms with Crippen LogP contribution in [0.3, 0.4) is 0 Å². The quantitative estimate of drug-likeness (QED) is 0.755. The summed E-state index contributed by atoms with van der Waals surface area (Å²) in [4.78, 5) is 13.8. The van der Waals surface area contributed by atoms with Gasteiger partial charge in [-0.05, 0) is 48.1 Å². The summed E-state index contributed by atoms with van der Waals surface area (Å²) in [7, 11) is 0. The van der Waals surface area contributed by atoms with Crippen molar-refractivity contribution in [1.29, 1.82) is 5.26 Å². The maximum absolute atomic E-state index is 13.3. The predicted octanol–water partition coefficient (Wildman–Crippen LogP) is 3.38. The Kier molecular flexibility index (Phi) is 6.84. The number of aliphatic hydroxyl groups is 1. The second-order valence-corrected chi connectivity index (χ2v) is 7.36. The van der Waals surface area contributed by atoms with Crippen LogP contribution in [-0.2, 0) is 12.8 Å². The van der Waals surface area contributed by atoms with Gasteiger partial charge in [0.15, 0.2) is 0 Å². The maximum Gasteiger partial charge on any atom is 0.318 e. The number of hydrogen-bond donors (Lipinski definition) is 2. The average Bonchev–Trinajstić information content (AvgIpc) is 2.71. The van der Waals surface area contributed by atoms with E-state index in [-0.39, 0.29) is 24.4 Å². The van der Waals surface area contributed by atoms with Crippen LogP contribution in [0.15, 0.2) is 48.5 Å². The SMILES string of the molecule is CCCNC(=O)N1[C@H](C#N)[C@H](c2ccc(CCc3cccc(F)c3)cc2)[C@H]1CO. The topological polar surface area (TPSA) is 76.4 Å². The Morgan fingerprint density at radius 3 is 2.55 bits per heavy atom. The fraction of sp³-hybridized carbons (Fsp3) is 0.391. The van der Waals surface area contributed by atoms with Gasteiger partial charge >= 0.3 is 6.03 Å². The summed E-state index contributed by atoms with van der Waals surface area (Å²) < 4.78 is 13.3. The van der Waals surface area contributed by atoms with E-state index < -0.39 is 12.1 Å². The molecular formula is C23H26FN3O2. The number of benzene rings is 2. The number of amides is 2. The molecule has 5 nitrogen and oxygen atoms in total. The number of halogens is 1. The molecule has 0 bridgehead atoms. The molecular weight excluding hydrogens is 369 g/mol. The van der Waals surface area contributed by atoms with Crippen LogP contribution < -0.4 is 5.32 Å². The largest absolute Gasteiger partial charge is 0.394 e. The zero-order valence-electron chi connectivity index (χ0n) is 16.5. The Balaban J connectivity index is 1.67. The van der Waals surface area contributed by atoms with Crippen molar-refractivity contribution in [3.05, 3.63) is 71.0 Å². The molecule has 0 spiro atoms. The van der Waals surface area contributed by atoms with Crippen LogP contribution >= 0.6 is 0 Å². The lowest BCUT2D eigenvalue weighted by Crippen LogP contribution is -2.67. The summed E-state index contributed by atoms with van der Waals surface area (Å²) in [5.74, 6) is -0.442. The van der Waals surface area contributed by atoms with E-state index >= 15 is 0 Å². The van der Waals surface area contributed by atoms with Gasteiger partial charge in [0.25, 0.3) is 0 Å². The average molecular weight is 395 g/mol. The number of nitrogens with zero attached hydrogens (tertiary/aromatic N) is 2. The van der Waals surface area contributed by atoms with Crippen LogP contribution in [-0.4, -0.2) is 41.3 Å². The van der Waals surface area contributed by atoms with E-state index in [1.54, 1.807) is 12.1 Å². The standard InChI is InChI=1S/C23H26FN3O2/c1-2-12-26-23(29)27-20(14-25)22(21(27)15-28)18-10-8-16(9-11-18)6-7-17-4-3-5-19(24)13-17/h3-5,8-11,13,20-22,28H,2,6-7,12,15H2,1H3,(H,26,29)/t20-,21-,22+/m1/s1. The molecule has 3 rings (SSSR count). The normalized spacial score (nSPS) is 20.6. The first-order chi connectivity index (χ1) is 14.1.